The van der Waals surface area contributed by atoms with Crippen LogP contribution in [0.3, 0.4) is 0 Å². The van der Waals surface area contributed by atoms with Crippen LogP contribution in [0, 0.1) is 0 Å². The molecule has 5 heterocycles. The Labute approximate surface area is 401 Å². The van der Waals surface area contributed by atoms with Crippen molar-refractivity contribution in [2.75, 3.05) is 0 Å². The van der Waals surface area contributed by atoms with Gasteiger partial charge in [-0.2, -0.15) is 15.0 Å². The van der Waals surface area contributed by atoms with E-state index in [1.54, 1.807) is 0 Å². The lowest BCUT2D eigenvalue weighted by Gasteiger charge is -2.16. The molecule has 0 amide bonds. The van der Waals surface area contributed by atoms with E-state index in [0.717, 1.165) is 99.8 Å². The number of fused-ring (bicyclic) bond motifs is 14. The molecule has 7 nitrogen and oxygen atoms in total. The summed E-state index contributed by atoms with van der Waals surface area (Å²) in [5, 5.41) is 9.17. The Balaban J connectivity index is 1.10. The molecule has 0 aliphatic heterocycles. The standard InChI is InChI=1S/C63H41N7/c1-4-18-40(19-5-1)41-32-34-42(35-33-41)61-64-62(69-55-30-16-12-26-47(55)51-38-36-49-45-24-10-14-28-53(45)67(57(49)59(51)69)43-20-6-2-7-21-43)66-63(65-61)70-56-31-17-13-27-48(56)52-39-37-50-46-25-11-15-29-54(46)68(58(50)60(52)70)44-22-8-3-9-23-44/h1-18,20-40H,19H2. The minimum Gasteiger partial charge on any atom is -0.307 e. The maximum atomic E-state index is 5.73. The predicted octanol–water partition coefficient (Wildman–Crippen LogP) is 15.5. The van der Waals surface area contributed by atoms with Gasteiger partial charge in [0.2, 0.25) is 11.9 Å². The molecule has 1 aliphatic rings. The van der Waals surface area contributed by atoms with E-state index < -0.39 is 0 Å². The number of nitrogens with zero attached hydrogens (tertiary/aromatic N) is 7. The van der Waals surface area contributed by atoms with Crippen molar-refractivity contribution in [2.45, 2.75) is 12.3 Å². The van der Waals surface area contributed by atoms with Crippen molar-refractivity contribution in [3.63, 3.8) is 0 Å². The number of benzene rings is 9. The molecule has 0 spiro atoms. The first kappa shape index (κ1) is 38.7. The first-order valence-electron chi connectivity index (χ1n) is 24.0. The molecule has 1 atom stereocenters. The molecule has 14 aromatic rings. The number of hydrogen-bond donors (Lipinski definition) is 0. The van der Waals surface area contributed by atoms with Gasteiger partial charge in [-0.1, -0.05) is 182 Å². The van der Waals surface area contributed by atoms with E-state index in [9.17, 15) is 0 Å². The Hall–Kier alpha value is -9.33. The molecule has 9 aromatic carbocycles. The minimum absolute atomic E-state index is 0.316. The zero-order chi connectivity index (χ0) is 45.9. The fourth-order valence-electron chi connectivity index (χ4n) is 11.5. The Morgan fingerprint density at radius 2 is 0.714 bits per heavy atom. The van der Waals surface area contributed by atoms with E-state index in [1.165, 1.54) is 16.3 Å². The third kappa shape index (κ3) is 5.60. The summed E-state index contributed by atoms with van der Waals surface area (Å²) < 4.78 is 9.39. The van der Waals surface area contributed by atoms with Crippen LogP contribution in [0.1, 0.15) is 17.9 Å². The predicted molar refractivity (Wildman–Crippen MR) is 288 cm³/mol. The van der Waals surface area contributed by atoms with E-state index in [2.05, 4.69) is 249 Å². The van der Waals surface area contributed by atoms with Crippen LogP contribution in [-0.4, -0.2) is 33.2 Å². The van der Waals surface area contributed by atoms with Crippen molar-refractivity contribution in [3.05, 3.63) is 236 Å². The lowest BCUT2D eigenvalue weighted by atomic mass is 9.92. The summed E-state index contributed by atoms with van der Waals surface area (Å²) in [6.07, 6.45) is 9.77. The van der Waals surface area contributed by atoms with E-state index in [1.807, 2.05) is 0 Å². The van der Waals surface area contributed by atoms with Gasteiger partial charge >= 0.3 is 0 Å². The summed E-state index contributed by atoms with van der Waals surface area (Å²) >= 11 is 0. The van der Waals surface area contributed by atoms with Crippen molar-refractivity contribution in [1.29, 1.82) is 0 Å². The maximum absolute atomic E-state index is 5.73. The Kier molecular flexibility index (Phi) is 8.35. The molecule has 7 heteroatoms. The fraction of sp³-hybridized carbons (Fsp3) is 0.0317. The van der Waals surface area contributed by atoms with Crippen molar-refractivity contribution in [2.24, 2.45) is 0 Å². The van der Waals surface area contributed by atoms with Gasteiger partial charge < -0.3 is 9.13 Å². The number of aromatic nitrogens is 7. The molecule has 0 bridgehead atoms. The second kappa shape index (κ2) is 15.1. The van der Waals surface area contributed by atoms with Gasteiger partial charge in [-0.15, -0.1) is 0 Å². The number of hydrogen-bond acceptors (Lipinski definition) is 3. The van der Waals surface area contributed by atoms with Gasteiger partial charge in [0, 0.05) is 65.9 Å². The molecule has 0 saturated heterocycles. The first-order chi connectivity index (χ1) is 34.8. The molecular formula is C63H41N7. The highest BCUT2D eigenvalue weighted by molar-refractivity contribution is 6.25. The Morgan fingerprint density at radius 1 is 0.329 bits per heavy atom. The lowest BCUT2D eigenvalue weighted by molar-refractivity contribution is 0.853. The van der Waals surface area contributed by atoms with Crippen LogP contribution < -0.4 is 0 Å². The highest BCUT2D eigenvalue weighted by Crippen LogP contribution is 2.44. The highest BCUT2D eigenvalue weighted by Gasteiger charge is 2.26. The van der Waals surface area contributed by atoms with Gasteiger partial charge in [-0.25, -0.2) is 0 Å². The van der Waals surface area contributed by atoms with Crippen molar-refractivity contribution in [1.82, 2.24) is 33.2 Å². The van der Waals surface area contributed by atoms with Crippen molar-refractivity contribution in [3.8, 4) is 34.7 Å². The van der Waals surface area contributed by atoms with E-state index in [0.29, 0.717) is 23.6 Å². The summed E-state index contributed by atoms with van der Waals surface area (Å²) in [6, 6.07) is 74.1. The van der Waals surface area contributed by atoms with Crippen LogP contribution in [0.25, 0.3) is 122 Å². The molecule has 1 unspecified atom stereocenters. The normalized spacial score (nSPS) is 14.0. The van der Waals surface area contributed by atoms with Gasteiger partial charge in [0.05, 0.1) is 44.1 Å². The quantitative estimate of drug-likeness (QED) is 0.167. The lowest BCUT2D eigenvalue weighted by Crippen LogP contribution is -2.11. The Morgan fingerprint density at radius 3 is 1.13 bits per heavy atom. The van der Waals surface area contributed by atoms with Crippen LogP contribution in [-0.2, 0) is 0 Å². The Bertz CT molecular complexity index is 4240. The highest BCUT2D eigenvalue weighted by atomic mass is 15.3. The molecule has 70 heavy (non-hydrogen) atoms. The van der Waals surface area contributed by atoms with E-state index in [4.69, 9.17) is 15.0 Å². The average Bonchev–Trinajstić information content (AvgIpc) is 4.17. The second-order valence-corrected chi connectivity index (χ2v) is 18.3. The molecule has 0 saturated carbocycles. The van der Waals surface area contributed by atoms with Crippen molar-refractivity contribution < 1.29 is 0 Å². The molecule has 0 radical (unpaired) electrons. The molecule has 0 N–H and O–H groups in total. The van der Waals surface area contributed by atoms with E-state index >= 15 is 0 Å². The first-order valence-corrected chi connectivity index (χ1v) is 24.0. The summed E-state index contributed by atoms with van der Waals surface area (Å²) in [5.41, 5.74) is 12.9. The van der Waals surface area contributed by atoms with Crippen molar-refractivity contribution >= 4 is 87.2 Å². The molecule has 5 aromatic heterocycles. The molecule has 328 valence electrons. The second-order valence-electron chi connectivity index (χ2n) is 18.3. The molecule has 1 aliphatic carbocycles. The summed E-state index contributed by atoms with van der Waals surface area (Å²) in [5.74, 6) is 1.98. The summed E-state index contributed by atoms with van der Waals surface area (Å²) in [4.78, 5) is 16.9. The number of para-hydroxylation sites is 6. The minimum atomic E-state index is 0.316. The van der Waals surface area contributed by atoms with Gasteiger partial charge in [-0.3, -0.25) is 9.13 Å². The van der Waals surface area contributed by atoms with Gasteiger partial charge in [0.1, 0.15) is 0 Å². The SMILES string of the molecule is C1=CCC(c2ccc(-c3nc(-n4c5ccccc5c5ccc6c7ccccc7n(-c7ccccc7)c6c54)nc(-n4c5ccccc5c5ccc6c7ccccc7n(-c7ccccc7)c6c54)n3)cc2)C=C1. The van der Waals surface area contributed by atoms with Crippen LogP contribution in [0.2, 0.25) is 0 Å². The fourth-order valence-corrected chi connectivity index (χ4v) is 11.5. The zero-order valence-corrected chi connectivity index (χ0v) is 37.9. The summed E-state index contributed by atoms with van der Waals surface area (Å²) in [7, 11) is 0. The van der Waals surface area contributed by atoms with Crippen LogP contribution in [0.15, 0.2) is 231 Å². The molecule has 0 fully saturated rings. The summed E-state index contributed by atoms with van der Waals surface area (Å²) in [6.45, 7) is 0. The van der Waals surface area contributed by atoms with Crippen LogP contribution >= 0.6 is 0 Å². The average molecular weight is 896 g/mol. The molecule has 15 rings (SSSR count). The van der Waals surface area contributed by atoms with Crippen LogP contribution in [0.5, 0.6) is 0 Å². The zero-order valence-electron chi connectivity index (χ0n) is 37.9. The van der Waals surface area contributed by atoms with Gasteiger partial charge in [0.25, 0.3) is 0 Å². The monoisotopic (exact) mass is 895 g/mol. The number of rotatable bonds is 6. The van der Waals surface area contributed by atoms with E-state index in [-0.39, 0.29) is 0 Å². The largest absolute Gasteiger partial charge is 0.307 e. The third-order valence-electron chi connectivity index (χ3n) is 14.6. The maximum Gasteiger partial charge on any atom is 0.240 e. The topological polar surface area (TPSA) is 58.4 Å². The third-order valence-corrected chi connectivity index (χ3v) is 14.6. The van der Waals surface area contributed by atoms with Gasteiger partial charge in [-0.05, 0) is 60.5 Å². The van der Waals surface area contributed by atoms with Crippen LogP contribution in [0.4, 0.5) is 0 Å². The molecular weight excluding hydrogens is 855 g/mol. The van der Waals surface area contributed by atoms with Gasteiger partial charge in [0.15, 0.2) is 5.82 Å². The smallest absolute Gasteiger partial charge is 0.240 e. The number of allylic oxidation sites excluding steroid dienone is 4.